The van der Waals surface area contributed by atoms with Gasteiger partial charge in [0.05, 0.1) is 0 Å². The molecule has 0 aliphatic heterocycles. The molecule has 6 heteroatoms. The predicted octanol–water partition coefficient (Wildman–Crippen LogP) is 3.37. The van der Waals surface area contributed by atoms with Gasteiger partial charge in [-0.2, -0.15) is 0 Å². The van der Waals surface area contributed by atoms with Crippen molar-refractivity contribution < 1.29 is 4.79 Å². The molecule has 1 amide bonds. The first-order valence-electron chi connectivity index (χ1n) is 8.78. The highest BCUT2D eigenvalue weighted by Gasteiger charge is 2.25. The zero-order valence-corrected chi connectivity index (χ0v) is 16.5. The third-order valence-corrected chi connectivity index (χ3v) is 4.72. The predicted molar refractivity (Wildman–Crippen MR) is 104 cm³/mol. The van der Waals surface area contributed by atoms with E-state index in [1.54, 1.807) is 0 Å². The van der Waals surface area contributed by atoms with Crippen molar-refractivity contribution in [1.29, 1.82) is 0 Å². The van der Waals surface area contributed by atoms with Gasteiger partial charge in [0.1, 0.15) is 0 Å². The van der Waals surface area contributed by atoms with Crippen LogP contribution in [0.2, 0.25) is 0 Å². The van der Waals surface area contributed by atoms with Crippen LogP contribution in [0.3, 0.4) is 0 Å². The number of nitrogens with two attached hydrogens (primary N) is 1. The number of likely N-dealkylation sites (N-methyl/N-ethyl adjacent to an activating group) is 1. The molecule has 1 unspecified atom stereocenters. The molecule has 0 aromatic heterocycles. The first-order valence-corrected chi connectivity index (χ1v) is 8.78. The lowest BCUT2D eigenvalue weighted by molar-refractivity contribution is -0.121. The minimum absolute atomic E-state index is 0. The summed E-state index contributed by atoms with van der Waals surface area (Å²) in [5.41, 5.74) is 5.47. The Morgan fingerprint density at radius 3 is 2.26 bits per heavy atom. The summed E-state index contributed by atoms with van der Waals surface area (Å²) >= 11 is 0. The fraction of sp³-hybridized carbons (Fsp3) is 0.941. The Labute approximate surface area is 155 Å². The van der Waals surface area contributed by atoms with E-state index in [2.05, 4.69) is 24.3 Å². The van der Waals surface area contributed by atoms with Crippen molar-refractivity contribution in [2.75, 3.05) is 27.2 Å². The molecule has 1 fully saturated rings. The second-order valence-corrected chi connectivity index (χ2v) is 6.69. The van der Waals surface area contributed by atoms with Gasteiger partial charge in [0.25, 0.3) is 0 Å². The molecule has 140 valence electrons. The summed E-state index contributed by atoms with van der Waals surface area (Å²) in [6.45, 7) is 1.57. The number of carbonyl (C=O) groups is 1. The number of hydrogen-bond donors (Lipinski definition) is 2. The van der Waals surface area contributed by atoms with Crippen molar-refractivity contribution >= 4 is 30.7 Å². The van der Waals surface area contributed by atoms with Crippen LogP contribution in [0.25, 0.3) is 0 Å². The van der Waals surface area contributed by atoms with Gasteiger partial charge in [-0.25, -0.2) is 0 Å². The molecule has 0 bridgehead atoms. The zero-order valence-electron chi connectivity index (χ0n) is 14.9. The lowest BCUT2D eigenvalue weighted by Crippen LogP contribution is -2.45. The highest BCUT2D eigenvalue weighted by Crippen LogP contribution is 2.28. The second-order valence-electron chi connectivity index (χ2n) is 6.69. The second kappa shape index (κ2) is 15.5. The minimum Gasteiger partial charge on any atom is -0.355 e. The number of nitrogens with one attached hydrogen (secondary N) is 1. The van der Waals surface area contributed by atoms with E-state index < -0.39 is 0 Å². The maximum atomic E-state index is 11.9. The molecule has 1 saturated carbocycles. The summed E-state index contributed by atoms with van der Waals surface area (Å²) in [7, 11) is 4.27. The van der Waals surface area contributed by atoms with Crippen LogP contribution in [0, 0.1) is 5.92 Å². The molecule has 0 saturated heterocycles. The molecular formula is C17H37Cl2N3O. The van der Waals surface area contributed by atoms with Gasteiger partial charge in [0.2, 0.25) is 5.91 Å². The monoisotopic (exact) mass is 369 g/mol. The summed E-state index contributed by atoms with van der Waals surface area (Å²) in [6.07, 6.45) is 11.7. The van der Waals surface area contributed by atoms with Gasteiger partial charge in [-0.05, 0) is 52.2 Å². The molecule has 1 aliphatic rings. The maximum Gasteiger partial charge on any atom is 0.220 e. The van der Waals surface area contributed by atoms with E-state index in [1.807, 2.05) is 0 Å². The van der Waals surface area contributed by atoms with E-state index in [4.69, 9.17) is 5.73 Å². The van der Waals surface area contributed by atoms with Gasteiger partial charge >= 0.3 is 0 Å². The molecule has 1 atom stereocenters. The molecule has 1 rings (SSSR count). The number of nitrogens with zero attached hydrogens (tertiary/aromatic N) is 1. The number of hydrogen-bond acceptors (Lipinski definition) is 3. The molecule has 23 heavy (non-hydrogen) atoms. The summed E-state index contributed by atoms with van der Waals surface area (Å²) in [5, 5.41) is 3.15. The van der Waals surface area contributed by atoms with Gasteiger partial charge in [0, 0.05) is 19.0 Å². The molecule has 0 spiro atoms. The fourth-order valence-corrected chi connectivity index (χ4v) is 3.38. The molecular weight excluding hydrogens is 333 g/mol. The average molecular weight is 370 g/mol. The van der Waals surface area contributed by atoms with Crippen molar-refractivity contribution in [2.24, 2.45) is 11.7 Å². The van der Waals surface area contributed by atoms with Crippen molar-refractivity contribution in [2.45, 2.75) is 70.3 Å². The molecule has 0 aromatic rings. The third kappa shape index (κ3) is 11.2. The van der Waals surface area contributed by atoms with Crippen LogP contribution in [0.5, 0.6) is 0 Å². The Morgan fingerprint density at radius 2 is 1.70 bits per heavy atom. The normalized spacial score (nSPS) is 16.3. The Hall–Kier alpha value is -0.0300. The van der Waals surface area contributed by atoms with Crippen molar-refractivity contribution in [3.63, 3.8) is 0 Å². The van der Waals surface area contributed by atoms with Crippen LogP contribution < -0.4 is 11.1 Å². The Balaban J connectivity index is 0. The van der Waals surface area contributed by atoms with Crippen molar-refractivity contribution in [3.05, 3.63) is 0 Å². The lowest BCUT2D eigenvalue weighted by Gasteiger charge is -2.35. The summed E-state index contributed by atoms with van der Waals surface area (Å²) in [6, 6.07) is 0.492. The molecule has 0 radical (unpaired) electrons. The molecule has 0 aromatic carbocycles. The van der Waals surface area contributed by atoms with Gasteiger partial charge in [-0.15, -0.1) is 24.8 Å². The molecule has 1 aliphatic carbocycles. The number of rotatable bonds is 10. The van der Waals surface area contributed by atoms with Crippen LogP contribution in [-0.2, 0) is 4.79 Å². The van der Waals surface area contributed by atoms with Gasteiger partial charge in [-0.1, -0.05) is 32.1 Å². The van der Waals surface area contributed by atoms with E-state index in [0.717, 1.165) is 44.7 Å². The van der Waals surface area contributed by atoms with Crippen molar-refractivity contribution in [3.8, 4) is 0 Å². The van der Waals surface area contributed by atoms with E-state index in [9.17, 15) is 4.79 Å². The van der Waals surface area contributed by atoms with E-state index >= 15 is 0 Å². The first-order chi connectivity index (χ1) is 10.1. The minimum atomic E-state index is 0. The van der Waals surface area contributed by atoms with Crippen LogP contribution >= 0.6 is 24.8 Å². The number of unbranched alkanes of at least 4 members (excludes halogenated alkanes) is 3. The number of halogens is 2. The smallest absolute Gasteiger partial charge is 0.220 e. The van der Waals surface area contributed by atoms with Gasteiger partial charge in [0.15, 0.2) is 0 Å². The molecule has 4 nitrogen and oxygen atoms in total. The third-order valence-electron chi connectivity index (χ3n) is 4.72. The van der Waals surface area contributed by atoms with Crippen LogP contribution in [0.1, 0.15) is 64.2 Å². The fourth-order valence-electron chi connectivity index (χ4n) is 3.38. The van der Waals surface area contributed by atoms with Gasteiger partial charge < -0.3 is 16.0 Å². The van der Waals surface area contributed by atoms with E-state index in [0.29, 0.717) is 12.5 Å². The topological polar surface area (TPSA) is 58.4 Å². The zero-order chi connectivity index (χ0) is 15.5. The molecule has 0 heterocycles. The Morgan fingerprint density at radius 1 is 1.09 bits per heavy atom. The number of amides is 1. The van der Waals surface area contributed by atoms with E-state index in [1.165, 1.54) is 32.1 Å². The number of carbonyl (C=O) groups excluding carboxylic acids is 1. The highest BCUT2D eigenvalue weighted by molar-refractivity contribution is 5.85. The first kappa shape index (κ1) is 25.2. The Bertz CT molecular complexity index is 285. The van der Waals surface area contributed by atoms with Crippen LogP contribution in [0.15, 0.2) is 0 Å². The standard InChI is InChI=1S/C17H35N3O.2ClH/c1-20(2)16(15-10-6-5-7-11-15)14-19-17(21)12-8-3-4-9-13-18;;/h15-16H,3-14,18H2,1-2H3,(H,19,21);2*1H. The highest BCUT2D eigenvalue weighted by atomic mass is 35.5. The van der Waals surface area contributed by atoms with E-state index in [-0.39, 0.29) is 30.7 Å². The lowest BCUT2D eigenvalue weighted by atomic mass is 9.83. The van der Waals surface area contributed by atoms with Crippen LogP contribution in [0.4, 0.5) is 0 Å². The summed E-state index contributed by atoms with van der Waals surface area (Å²) in [4.78, 5) is 14.2. The average Bonchev–Trinajstić information content (AvgIpc) is 2.48. The summed E-state index contributed by atoms with van der Waals surface area (Å²) in [5.74, 6) is 0.962. The Kier molecular flexibility index (Phi) is 17.0. The van der Waals surface area contributed by atoms with Crippen molar-refractivity contribution in [1.82, 2.24) is 10.2 Å². The van der Waals surface area contributed by atoms with Crippen LogP contribution in [-0.4, -0.2) is 44.0 Å². The van der Waals surface area contributed by atoms with Gasteiger partial charge in [-0.3, -0.25) is 4.79 Å². The SMILES string of the molecule is CN(C)C(CNC(=O)CCCCCCN)C1CCCCC1.Cl.Cl. The quantitative estimate of drug-likeness (QED) is 0.580. The summed E-state index contributed by atoms with van der Waals surface area (Å²) < 4.78 is 0. The largest absolute Gasteiger partial charge is 0.355 e. The maximum absolute atomic E-state index is 11.9. The molecule has 3 N–H and O–H groups in total.